The Morgan fingerprint density at radius 2 is 0.724 bits per heavy atom. The van der Waals surface area contributed by atoms with Crippen LogP contribution in [0, 0.1) is 0 Å². The monoisotopic (exact) mass is 742 g/mol. The molecule has 6 nitrogen and oxygen atoms in total. The van der Waals surface area contributed by atoms with Crippen LogP contribution in [0.4, 0.5) is 0 Å². The van der Waals surface area contributed by atoms with Gasteiger partial charge in [0.15, 0.2) is 11.6 Å². The van der Waals surface area contributed by atoms with Crippen molar-refractivity contribution < 1.29 is 8.83 Å². The number of hydrogen-bond acceptors (Lipinski definition) is 6. The molecule has 12 rings (SSSR count). The highest BCUT2D eigenvalue weighted by molar-refractivity contribution is 6.15. The average Bonchev–Trinajstić information content (AvgIpc) is 3.87. The van der Waals surface area contributed by atoms with Crippen LogP contribution >= 0.6 is 0 Å². The molecule has 0 aliphatic rings. The Balaban J connectivity index is 1.03. The van der Waals surface area contributed by atoms with Gasteiger partial charge in [-0.3, -0.25) is 0 Å². The topological polar surface area (TPSA) is 77.8 Å². The van der Waals surface area contributed by atoms with Gasteiger partial charge in [-0.25, -0.2) is 19.9 Å². The fourth-order valence-electron chi connectivity index (χ4n) is 8.41. The number of furan rings is 2. The van der Waals surface area contributed by atoms with Crippen molar-refractivity contribution in [2.45, 2.75) is 0 Å². The number of nitrogens with zero attached hydrogens (tertiary/aromatic N) is 4. The molecule has 8 aromatic carbocycles. The Hall–Kier alpha value is -7.96. The maximum atomic E-state index is 6.48. The molecular weight excluding hydrogens is 713 g/mol. The van der Waals surface area contributed by atoms with Gasteiger partial charge in [0.1, 0.15) is 22.3 Å². The van der Waals surface area contributed by atoms with Crippen molar-refractivity contribution in [1.29, 1.82) is 0 Å². The smallest absolute Gasteiger partial charge is 0.161 e. The molecule has 0 N–H and O–H groups in total. The zero-order valence-electron chi connectivity index (χ0n) is 30.9. The Bertz CT molecular complexity index is 3330. The van der Waals surface area contributed by atoms with Crippen molar-refractivity contribution in [3.63, 3.8) is 0 Å². The second kappa shape index (κ2) is 12.8. The Kier molecular flexibility index (Phi) is 7.13. The highest BCUT2D eigenvalue weighted by Crippen LogP contribution is 2.42. The first-order valence-corrected chi connectivity index (χ1v) is 19.3. The number of rotatable bonds is 5. The Morgan fingerprint density at radius 3 is 1.19 bits per heavy atom. The van der Waals surface area contributed by atoms with Gasteiger partial charge in [0.05, 0.1) is 22.4 Å². The third-order valence-corrected chi connectivity index (χ3v) is 11.1. The first kappa shape index (κ1) is 32.3. The maximum absolute atomic E-state index is 6.48. The van der Waals surface area contributed by atoms with Gasteiger partial charge in [-0.05, 0) is 59.7 Å². The van der Waals surface area contributed by atoms with E-state index >= 15 is 0 Å². The lowest BCUT2D eigenvalue weighted by Gasteiger charge is -2.10. The van der Waals surface area contributed by atoms with Crippen LogP contribution in [0.5, 0.6) is 0 Å². The molecular formula is C52H30N4O2. The van der Waals surface area contributed by atoms with E-state index in [1.807, 2.05) is 97.1 Å². The molecule has 58 heavy (non-hydrogen) atoms. The number of aromatic nitrogens is 4. The minimum atomic E-state index is 0.654. The third kappa shape index (κ3) is 5.12. The average molecular weight is 743 g/mol. The standard InChI is InChI=1S/C52H30N4O2/c1-3-13-31(14-4-1)49-35-17-7-9-21-41(35)53-51(55-49)37-19-11-23-45-47(37)39-29-33(25-27-43(39)57-45)34-26-28-44-40(30-34)48-38(20-12-24-46(48)58-44)52-54-42-22-10-8-18-36(42)50(56-52)32-15-5-2-6-16-32/h1-30H. The minimum absolute atomic E-state index is 0.654. The van der Waals surface area contributed by atoms with Crippen LogP contribution in [0.1, 0.15) is 0 Å². The predicted octanol–water partition coefficient (Wildman–Crippen LogP) is 13.7. The molecule has 0 bridgehead atoms. The fourth-order valence-corrected chi connectivity index (χ4v) is 8.41. The molecule has 0 spiro atoms. The summed E-state index contributed by atoms with van der Waals surface area (Å²) in [6, 6.07) is 62.0. The van der Waals surface area contributed by atoms with Crippen LogP contribution < -0.4 is 0 Å². The van der Waals surface area contributed by atoms with Gasteiger partial charge in [0, 0.05) is 54.6 Å². The summed E-state index contributed by atoms with van der Waals surface area (Å²) < 4.78 is 13.0. The van der Waals surface area contributed by atoms with Crippen molar-refractivity contribution in [1.82, 2.24) is 19.9 Å². The Morgan fingerprint density at radius 1 is 0.293 bits per heavy atom. The summed E-state index contributed by atoms with van der Waals surface area (Å²) in [5.41, 5.74) is 12.8. The summed E-state index contributed by atoms with van der Waals surface area (Å²) in [6.45, 7) is 0. The summed E-state index contributed by atoms with van der Waals surface area (Å²) in [4.78, 5) is 20.6. The van der Waals surface area contributed by atoms with Crippen molar-refractivity contribution in [3.8, 4) is 56.4 Å². The first-order valence-electron chi connectivity index (χ1n) is 19.3. The number of hydrogen-bond donors (Lipinski definition) is 0. The summed E-state index contributed by atoms with van der Waals surface area (Å²) in [7, 11) is 0. The van der Waals surface area contributed by atoms with Crippen LogP contribution in [0.15, 0.2) is 191 Å². The molecule has 0 unspecified atom stereocenters. The number of benzene rings is 8. The van der Waals surface area contributed by atoms with E-state index < -0.39 is 0 Å². The van der Waals surface area contributed by atoms with E-state index in [1.165, 1.54) is 0 Å². The molecule has 0 radical (unpaired) electrons. The lowest BCUT2D eigenvalue weighted by molar-refractivity contribution is 0.668. The van der Waals surface area contributed by atoms with Gasteiger partial charge in [-0.2, -0.15) is 0 Å². The molecule has 12 aromatic rings. The number of para-hydroxylation sites is 2. The predicted molar refractivity (Wildman–Crippen MR) is 234 cm³/mol. The first-order chi connectivity index (χ1) is 28.7. The summed E-state index contributed by atoms with van der Waals surface area (Å²) in [5.74, 6) is 1.31. The molecule has 270 valence electrons. The van der Waals surface area contributed by atoms with E-state index in [-0.39, 0.29) is 0 Å². The van der Waals surface area contributed by atoms with Crippen LogP contribution in [0.25, 0.3) is 122 Å². The highest BCUT2D eigenvalue weighted by Gasteiger charge is 2.20. The summed E-state index contributed by atoms with van der Waals surface area (Å²) >= 11 is 0. The zero-order chi connectivity index (χ0) is 38.2. The summed E-state index contributed by atoms with van der Waals surface area (Å²) in [5, 5.41) is 5.98. The van der Waals surface area contributed by atoms with Gasteiger partial charge in [-0.1, -0.05) is 133 Å². The van der Waals surface area contributed by atoms with E-state index in [0.29, 0.717) is 11.6 Å². The molecule has 0 saturated heterocycles. The van der Waals surface area contributed by atoms with Crippen LogP contribution in [0.3, 0.4) is 0 Å². The van der Waals surface area contributed by atoms with Gasteiger partial charge >= 0.3 is 0 Å². The molecule has 0 fully saturated rings. The van der Waals surface area contributed by atoms with Crippen LogP contribution in [-0.2, 0) is 0 Å². The Labute approximate surface area is 331 Å². The largest absolute Gasteiger partial charge is 0.456 e. The molecule has 0 atom stereocenters. The van der Waals surface area contributed by atoms with E-state index in [9.17, 15) is 0 Å². The molecule has 4 heterocycles. The zero-order valence-corrected chi connectivity index (χ0v) is 30.9. The third-order valence-electron chi connectivity index (χ3n) is 11.1. The molecule has 0 amide bonds. The van der Waals surface area contributed by atoms with Crippen molar-refractivity contribution in [2.75, 3.05) is 0 Å². The van der Waals surface area contributed by atoms with Crippen molar-refractivity contribution in [3.05, 3.63) is 182 Å². The van der Waals surface area contributed by atoms with Crippen LogP contribution in [0.2, 0.25) is 0 Å². The second-order valence-electron chi connectivity index (χ2n) is 14.5. The molecule has 0 saturated carbocycles. The number of fused-ring (bicyclic) bond motifs is 8. The lowest BCUT2D eigenvalue weighted by atomic mass is 9.98. The summed E-state index contributed by atoms with van der Waals surface area (Å²) in [6.07, 6.45) is 0. The molecule has 0 aliphatic carbocycles. The quantitative estimate of drug-likeness (QED) is 0.175. The van der Waals surface area contributed by atoms with E-state index in [4.69, 9.17) is 28.8 Å². The lowest BCUT2D eigenvalue weighted by Crippen LogP contribution is -1.95. The van der Waals surface area contributed by atoms with Gasteiger partial charge < -0.3 is 8.83 Å². The SMILES string of the molecule is c1ccc(-c2nc(-c3cccc4oc5ccc(-c6ccc7oc8cccc(-c9nc(-c%10ccccc%10)c%10ccccc%10n9)c8c7c6)cc5c34)nc3ccccc23)cc1. The van der Waals surface area contributed by atoms with Crippen molar-refractivity contribution >= 4 is 65.7 Å². The molecule has 0 aliphatic heterocycles. The van der Waals surface area contributed by atoms with E-state index in [2.05, 4.69) is 84.9 Å². The molecule has 4 aromatic heterocycles. The fraction of sp³-hybridized carbons (Fsp3) is 0. The van der Waals surface area contributed by atoms with E-state index in [1.54, 1.807) is 0 Å². The maximum Gasteiger partial charge on any atom is 0.161 e. The minimum Gasteiger partial charge on any atom is -0.456 e. The van der Waals surface area contributed by atoms with Crippen LogP contribution in [-0.4, -0.2) is 19.9 Å². The second-order valence-corrected chi connectivity index (χ2v) is 14.5. The van der Waals surface area contributed by atoms with Gasteiger partial charge in [-0.15, -0.1) is 0 Å². The van der Waals surface area contributed by atoms with Crippen molar-refractivity contribution in [2.24, 2.45) is 0 Å². The van der Waals surface area contributed by atoms with Gasteiger partial charge in [0.2, 0.25) is 0 Å². The van der Waals surface area contributed by atoms with E-state index in [0.717, 1.165) is 110 Å². The van der Waals surface area contributed by atoms with Gasteiger partial charge in [0.25, 0.3) is 0 Å². The highest BCUT2D eigenvalue weighted by atomic mass is 16.3. The molecule has 6 heteroatoms. The normalized spacial score (nSPS) is 11.8.